The van der Waals surface area contributed by atoms with E-state index in [-0.39, 0.29) is 18.6 Å². The molecule has 0 saturated heterocycles. The van der Waals surface area contributed by atoms with Gasteiger partial charge in [-0.25, -0.2) is 0 Å². The topological polar surface area (TPSA) is 67.2 Å². The molecule has 1 aromatic heterocycles. The van der Waals surface area contributed by atoms with Crippen molar-refractivity contribution in [3.63, 3.8) is 0 Å². The Labute approximate surface area is 143 Å². The van der Waals surface area contributed by atoms with Crippen LogP contribution in [-0.2, 0) is 11.3 Å². The molecule has 1 unspecified atom stereocenters. The van der Waals surface area contributed by atoms with Crippen LogP contribution in [0.1, 0.15) is 35.0 Å². The second kappa shape index (κ2) is 7.93. The molecule has 128 valence electrons. The van der Waals surface area contributed by atoms with E-state index in [2.05, 4.69) is 41.6 Å². The molecule has 5 nitrogen and oxygen atoms in total. The van der Waals surface area contributed by atoms with Crippen molar-refractivity contribution in [2.45, 2.75) is 40.3 Å². The second-order valence-electron chi connectivity index (χ2n) is 6.15. The highest BCUT2D eigenvalue weighted by molar-refractivity contribution is 5.92. The summed E-state index contributed by atoms with van der Waals surface area (Å²) in [5.74, 6) is -0.221. The molecule has 1 atom stereocenters. The van der Waals surface area contributed by atoms with E-state index in [4.69, 9.17) is 5.11 Å². The first-order valence-electron chi connectivity index (χ1n) is 8.09. The van der Waals surface area contributed by atoms with E-state index in [0.717, 1.165) is 17.0 Å². The predicted molar refractivity (Wildman–Crippen MR) is 95.7 cm³/mol. The van der Waals surface area contributed by atoms with Gasteiger partial charge in [0.25, 0.3) is 0 Å². The van der Waals surface area contributed by atoms with Gasteiger partial charge in [-0.1, -0.05) is 29.8 Å². The average Bonchev–Trinajstić information content (AvgIpc) is 2.81. The molecule has 1 heterocycles. The van der Waals surface area contributed by atoms with E-state index in [0.29, 0.717) is 6.54 Å². The van der Waals surface area contributed by atoms with Gasteiger partial charge < -0.3 is 10.4 Å². The van der Waals surface area contributed by atoms with E-state index >= 15 is 0 Å². The summed E-state index contributed by atoms with van der Waals surface area (Å²) < 4.78 is 1.95. The number of benzene rings is 1. The van der Waals surface area contributed by atoms with Crippen LogP contribution in [-0.4, -0.2) is 33.4 Å². The number of rotatable bonds is 6. The number of aliphatic hydroxyl groups excluding tert-OH is 1. The summed E-state index contributed by atoms with van der Waals surface area (Å²) >= 11 is 0. The highest BCUT2D eigenvalue weighted by Gasteiger charge is 2.10. The molecule has 0 radical (unpaired) electrons. The average molecular weight is 327 g/mol. The summed E-state index contributed by atoms with van der Waals surface area (Å²) in [6.45, 7) is 8.38. The van der Waals surface area contributed by atoms with Gasteiger partial charge in [-0.2, -0.15) is 5.10 Å². The third-order valence-corrected chi connectivity index (χ3v) is 3.95. The Morgan fingerprint density at radius 2 is 1.96 bits per heavy atom. The van der Waals surface area contributed by atoms with Gasteiger partial charge in [-0.3, -0.25) is 9.48 Å². The maximum absolute atomic E-state index is 11.8. The maximum atomic E-state index is 11.8. The highest BCUT2D eigenvalue weighted by atomic mass is 16.3. The minimum atomic E-state index is -0.256. The summed E-state index contributed by atoms with van der Waals surface area (Å²) in [5, 5.41) is 16.2. The number of hydrogen-bond donors (Lipinski definition) is 2. The van der Waals surface area contributed by atoms with Crippen molar-refractivity contribution in [3.05, 3.63) is 58.4 Å². The number of aryl methyl sites for hydroxylation is 2. The van der Waals surface area contributed by atoms with Crippen molar-refractivity contribution < 1.29 is 9.90 Å². The molecular formula is C19H25N3O2. The predicted octanol–water partition coefficient (Wildman–Crippen LogP) is 2.37. The number of carbonyl (C=O) groups is 1. The Balaban J connectivity index is 2.13. The van der Waals surface area contributed by atoms with Crippen molar-refractivity contribution in [1.82, 2.24) is 15.1 Å². The molecule has 0 saturated carbocycles. The van der Waals surface area contributed by atoms with Gasteiger partial charge in [-0.05, 0) is 39.3 Å². The second-order valence-corrected chi connectivity index (χ2v) is 6.15. The van der Waals surface area contributed by atoms with Crippen LogP contribution in [0.3, 0.4) is 0 Å². The number of nitrogens with zero attached hydrogens (tertiary/aromatic N) is 2. The van der Waals surface area contributed by atoms with Crippen LogP contribution in [0.25, 0.3) is 6.08 Å². The molecule has 1 aromatic carbocycles. The van der Waals surface area contributed by atoms with E-state index in [1.165, 1.54) is 17.2 Å². The van der Waals surface area contributed by atoms with Crippen LogP contribution < -0.4 is 5.32 Å². The van der Waals surface area contributed by atoms with Crippen molar-refractivity contribution >= 4 is 12.0 Å². The first-order chi connectivity index (χ1) is 11.4. The molecule has 2 N–H and O–H groups in total. The molecule has 2 aromatic rings. The first-order valence-corrected chi connectivity index (χ1v) is 8.09. The van der Waals surface area contributed by atoms with Crippen LogP contribution in [0.4, 0.5) is 0 Å². The van der Waals surface area contributed by atoms with Gasteiger partial charge in [0.05, 0.1) is 18.8 Å². The zero-order valence-corrected chi connectivity index (χ0v) is 14.7. The quantitative estimate of drug-likeness (QED) is 0.801. The molecule has 0 aliphatic heterocycles. The molecule has 0 aliphatic carbocycles. The van der Waals surface area contributed by atoms with Crippen LogP contribution >= 0.6 is 0 Å². The molecule has 0 aliphatic rings. The largest absolute Gasteiger partial charge is 0.394 e. The number of aromatic nitrogens is 2. The Bertz CT molecular complexity index is 730. The number of amides is 1. The van der Waals surface area contributed by atoms with Gasteiger partial charge in [0.15, 0.2) is 0 Å². The molecule has 1 amide bonds. The van der Waals surface area contributed by atoms with E-state index in [9.17, 15) is 4.79 Å². The first kappa shape index (κ1) is 17.9. The normalized spacial score (nSPS) is 12.5. The Hall–Kier alpha value is -2.40. The lowest BCUT2D eigenvalue weighted by atomic mass is 10.1. The van der Waals surface area contributed by atoms with Crippen LogP contribution in [0.15, 0.2) is 30.3 Å². The summed E-state index contributed by atoms with van der Waals surface area (Å²) in [4.78, 5) is 11.8. The number of nitrogens with one attached hydrogen (secondary N) is 1. The number of carbonyl (C=O) groups excluding carboxylic acids is 1. The molecule has 0 bridgehead atoms. The van der Waals surface area contributed by atoms with Crippen LogP contribution in [0.5, 0.6) is 0 Å². The molecule has 0 spiro atoms. The lowest BCUT2D eigenvalue weighted by Crippen LogP contribution is -2.33. The zero-order chi connectivity index (χ0) is 17.7. The highest BCUT2D eigenvalue weighted by Crippen LogP contribution is 2.16. The summed E-state index contributed by atoms with van der Waals surface area (Å²) in [5.41, 5.74) is 5.29. The van der Waals surface area contributed by atoms with Crippen molar-refractivity contribution in [2.24, 2.45) is 0 Å². The zero-order valence-electron chi connectivity index (χ0n) is 14.7. The summed E-state index contributed by atoms with van der Waals surface area (Å²) in [6.07, 6.45) is 3.27. The lowest BCUT2D eigenvalue weighted by Gasteiger charge is -2.07. The van der Waals surface area contributed by atoms with Gasteiger partial charge in [-0.15, -0.1) is 0 Å². The standard InChI is InChI=1S/C19H25N3O2/c1-13-5-7-17(8-6-13)11-22-16(4)18(15(3)21-22)9-10-19(24)20-14(2)12-23/h5-10,14,23H,11-12H2,1-4H3,(H,20,24)/b10-9+. The Kier molecular flexibility index (Phi) is 5.93. The van der Waals surface area contributed by atoms with Crippen LogP contribution in [0.2, 0.25) is 0 Å². The van der Waals surface area contributed by atoms with Crippen molar-refractivity contribution in [1.29, 1.82) is 0 Å². The fourth-order valence-corrected chi connectivity index (χ4v) is 2.47. The third-order valence-electron chi connectivity index (χ3n) is 3.95. The monoisotopic (exact) mass is 327 g/mol. The van der Waals surface area contributed by atoms with Crippen LogP contribution in [0, 0.1) is 20.8 Å². The third kappa shape index (κ3) is 4.55. The minimum Gasteiger partial charge on any atom is -0.394 e. The van der Waals surface area contributed by atoms with Crippen molar-refractivity contribution in [3.8, 4) is 0 Å². The fraction of sp³-hybridized carbons (Fsp3) is 0.368. The Morgan fingerprint density at radius 3 is 2.58 bits per heavy atom. The number of aliphatic hydroxyl groups is 1. The molecule has 0 fully saturated rings. The van der Waals surface area contributed by atoms with Crippen molar-refractivity contribution in [2.75, 3.05) is 6.61 Å². The molecular weight excluding hydrogens is 302 g/mol. The SMILES string of the molecule is Cc1ccc(Cn2nc(C)c(/C=C/C(=O)NC(C)CO)c2C)cc1. The number of hydrogen-bond acceptors (Lipinski definition) is 3. The fourth-order valence-electron chi connectivity index (χ4n) is 2.47. The van der Waals surface area contributed by atoms with Gasteiger partial charge in [0.2, 0.25) is 5.91 Å². The van der Waals surface area contributed by atoms with Gasteiger partial charge in [0, 0.05) is 23.4 Å². The molecule has 2 rings (SSSR count). The molecule has 5 heteroatoms. The summed E-state index contributed by atoms with van der Waals surface area (Å²) in [7, 11) is 0. The van der Waals surface area contributed by atoms with E-state index in [1.54, 1.807) is 13.0 Å². The smallest absolute Gasteiger partial charge is 0.244 e. The molecule has 24 heavy (non-hydrogen) atoms. The van der Waals surface area contributed by atoms with E-state index < -0.39 is 0 Å². The minimum absolute atomic E-state index is 0.0773. The summed E-state index contributed by atoms with van der Waals surface area (Å²) in [6, 6.07) is 8.13. The maximum Gasteiger partial charge on any atom is 0.244 e. The van der Waals surface area contributed by atoms with Gasteiger partial charge in [0.1, 0.15) is 0 Å². The van der Waals surface area contributed by atoms with E-state index in [1.807, 2.05) is 18.5 Å². The Morgan fingerprint density at radius 1 is 1.29 bits per heavy atom. The van der Waals surface area contributed by atoms with Gasteiger partial charge >= 0.3 is 0 Å². The lowest BCUT2D eigenvalue weighted by molar-refractivity contribution is -0.117.